The molecule has 40 heavy (non-hydrogen) atoms. The summed E-state index contributed by atoms with van der Waals surface area (Å²) >= 11 is 0. The summed E-state index contributed by atoms with van der Waals surface area (Å²) < 4.78 is 5.43. The number of fused-ring (bicyclic) bond motifs is 6. The maximum absolute atomic E-state index is 11.1. The number of rotatable bonds is 3. The second-order valence-electron chi connectivity index (χ2n) is 13.3. The van der Waals surface area contributed by atoms with Gasteiger partial charge in [-0.05, 0) is 125 Å². The van der Waals surface area contributed by atoms with Crippen molar-refractivity contribution in [1.29, 1.82) is 0 Å². The van der Waals surface area contributed by atoms with Crippen LogP contribution in [-0.2, 0) is 12.8 Å². The molecule has 5 nitrogen and oxygen atoms in total. The first-order valence-electron chi connectivity index (χ1n) is 14.7. The lowest BCUT2D eigenvalue weighted by atomic mass is 9.46. The molecule has 3 saturated carbocycles. The van der Waals surface area contributed by atoms with Gasteiger partial charge >= 0.3 is 0 Å². The van der Waals surface area contributed by atoms with Crippen molar-refractivity contribution in [3.8, 4) is 18.1 Å². The molecular weight excluding hydrogens is 498 g/mol. The molecule has 6 rings (SSSR count). The lowest BCUT2D eigenvalue weighted by Crippen LogP contribution is -2.54. The molecule has 3 fully saturated rings. The third-order valence-electron chi connectivity index (χ3n) is 10.9. The number of ketones is 1. The molecule has 0 spiro atoms. The van der Waals surface area contributed by atoms with E-state index in [0.717, 1.165) is 49.8 Å². The number of carbonyl (C=O) groups excluding carboxylic acids is 1. The number of terminal acetylenes is 1. The molecule has 6 atom stereocenters. The van der Waals surface area contributed by atoms with Gasteiger partial charge in [0.1, 0.15) is 11.4 Å². The minimum Gasteiger partial charge on any atom is -0.508 e. The number of benzene rings is 1. The zero-order valence-electron chi connectivity index (χ0n) is 24.6. The third kappa shape index (κ3) is 4.65. The van der Waals surface area contributed by atoms with E-state index in [-0.39, 0.29) is 22.4 Å². The average Bonchev–Trinajstić information content (AvgIpc) is 3.47. The predicted molar refractivity (Wildman–Crippen MR) is 158 cm³/mol. The van der Waals surface area contributed by atoms with Crippen LogP contribution in [-0.4, -0.2) is 26.8 Å². The van der Waals surface area contributed by atoms with Gasteiger partial charge in [0.05, 0.1) is 6.20 Å². The van der Waals surface area contributed by atoms with Crippen LogP contribution in [0.1, 0.15) is 100 Å². The molecular formula is C35H43NO4. The standard InChI is InChI=1S/C22H27NO2.C13H16O2/c1-4-22(24)10-8-18-16-6-5-15-11-19-14(13-23-25-19)12-20(15,2)17(16)7-9-21(18,22)3;1-9(2)4-5-12-8-11(10(3)14)6-7-13(12)15/h1,11,13,16-18,24H,5-10,12H2,2-3H3;4,6-8,15H,5H2,1-3H3. The SMILES string of the molecule is C#CC1(O)CCC2C3CCC4=Cc5oncc5CC4(C)C3CCC21C.CC(=O)c1ccc(O)c(CC=C(C)C)c1. The average molecular weight is 542 g/mol. The van der Waals surface area contributed by atoms with E-state index in [4.69, 9.17) is 10.9 Å². The van der Waals surface area contributed by atoms with Crippen LogP contribution < -0.4 is 0 Å². The number of allylic oxidation sites excluding steroid dienone is 3. The molecule has 0 saturated heterocycles. The first-order valence-corrected chi connectivity index (χ1v) is 14.7. The molecule has 0 amide bonds. The third-order valence-corrected chi connectivity index (χ3v) is 10.9. The summed E-state index contributed by atoms with van der Waals surface area (Å²) in [5.41, 5.74) is 4.63. The minimum atomic E-state index is -0.909. The van der Waals surface area contributed by atoms with E-state index in [1.54, 1.807) is 23.8 Å². The van der Waals surface area contributed by atoms with Crippen LogP contribution in [0.5, 0.6) is 5.75 Å². The minimum absolute atomic E-state index is 0.0217. The fourth-order valence-electron chi connectivity index (χ4n) is 8.42. The van der Waals surface area contributed by atoms with E-state index in [2.05, 4.69) is 31.0 Å². The van der Waals surface area contributed by atoms with E-state index >= 15 is 0 Å². The normalized spacial score (nSPS) is 33.5. The molecule has 2 N–H and O–H groups in total. The molecule has 4 aliphatic carbocycles. The summed E-state index contributed by atoms with van der Waals surface area (Å²) in [6, 6.07) is 4.96. The molecule has 2 aromatic rings. The Morgan fingerprint density at radius 1 is 1.18 bits per heavy atom. The molecule has 6 unspecified atom stereocenters. The first kappa shape index (κ1) is 28.4. The molecule has 0 aliphatic heterocycles. The fraction of sp³-hybridized carbons (Fsp3) is 0.543. The highest BCUT2D eigenvalue weighted by atomic mass is 16.5. The summed E-state index contributed by atoms with van der Waals surface area (Å²) in [7, 11) is 0. The van der Waals surface area contributed by atoms with Crippen molar-refractivity contribution in [2.75, 3.05) is 0 Å². The van der Waals surface area contributed by atoms with Gasteiger partial charge in [0.15, 0.2) is 11.5 Å². The Balaban J connectivity index is 0.000000186. The van der Waals surface area contributed by atoms with Crippen molar-refractivity contribution in [3.05, 3.63) is 64.1 Å². The molecule has 4 aliphatic rings. The number of aromatic hydroxyl groups is 1. The number of phenolic OH excluding ortho intramolecular Hbond substituents is 1. The topological polar surface area (TPSA) is 83.6 Å². The van der Waals surface area contributed by atoms with Crippen molar-refractivity contribution in [3.63, 3.8) is 0 Å². The Morgan fingerprint density at radius 3 is 2.62 bits per heavy atom. The van der Waals surface area contributed by atoms with E-state index in [9.17, 15) is 15.0 Å². The van der Waals surface area contributed by atoms with Crippen molar-refractivity contribution in [2.24, 2.45) is 28.6 Å². The predicted octanol–water partition coefficient (Wildman–Crippen LogP) is 7.32. The second kappa shape index (κ2) is 10.4. The summed E-state index contributed by atoms with van der Waals surface area (Å²) in [6.45, 7) is 10.2. The molecule has 212 valence electrons. The van der Waals surface area contributed by atoms with Crippen molar-refractivity contribution in [1.82, 2.24) is 5.16 Å². The monoisotopic (exact) mass is 541 g/mol. The highest BCUT2D eigenvalue weighted by Gasteiger charge is 2.63. The molecule has 5 heteroatoms. The highest BCUT2D eigenvalue weighted by Crippen LogP contribution is 2.67. The van der Waals surface area contributed by atoms with E-state index < -0.39 is 5.60 Å². The van der Waals surface area contributed by atoms with Gasteiger partial charge in [-0.1, -0.05) is 42.1 Å². The Bertz CT molecular complexity index is 1400. The zero-order valence-corrected chi connectivity index (χ0v) is 24.6. The van der Waals surface area contributed by atoms with Gasteiger partial charge in [0.2, 0.25) is 0 Å². The number of hydrogen-bond acceptors (Lipinski definition) is 5. The van der Waals surface area contributed by atoms with Gasteiger partial charge in [-0.2, -0.15) is 0 Å². The van der Waals surface area contributed by atoms with Gasteiger partial charge in [-0.15, -0.1) is 6.42 Å². The van der Waals surface area contributed by atoms with Crippen LogP contribution in [0, 0.1) is 40.9 Å². The Hall–Kier alpha value is -3.10. The number of phenols is 1. The van der Waals surface area contributed by atoms with Gasteiger partial charge in [0, 0.05) is 16.5 Å². The summed E-state index contributed by atoms with van der Waals surface area (Å²) in [4.78, 5) is 11.1. The summed E-state index contributed by atoms with van der Waals surface area (Å²) in [5, 5.41) is 24.7. The maximum Gasteiger partial charge on any atom is 0.162 e. The van der Waals surface area contributed by atoms with Crippen LogP contribution in [0.25, 0.3) is 6.08 Å². The van der Waals surface area contributed by atoms with Crippen molar-refractivity contribution in [2.45, 2.75) is 91.6 Å². The molecule has 1 aromatic heterocycles. The van der Waals surface area contributed by atoms with Crippen LogP contribution in [0.3, 0.4) is 0 Å². The van der Waals surface area contributed by atoms with Crippen molar-refractivity contribution < 1.29 is 19.5 Å². The lowest BCUT2D eigenvalue weighted by molar-refractivity contribution is -0.0975. The molecule has 0 bridgehead atoms. The van der Waals surface area contributed by atoms with Crippen LogP contribution in [0.15, 0.2) is 46.1 Å². The smallest absolute Gasteiger partial charge is 0.162 e. The molecule has 0 radical (unpaired) electrons. The van der Waals surface area contributed by atoms with Crippen LogP contribution in [0.4, 0.5) is 0 Å². The number of aliphatic hydroxyl groups is 1. The fourth-order valence-corrected chi connectivity index (χ4v) is 8.42. The highest BCUT2D eigenvalue weighted by molar-refractivity contribution is 5.94. The van der Waals surface area contributed by atoms with Crippen molar-refractivity contribution >= 4 is 11.9 Å². The van der Waals surface area contributed by atoms with E-state index in [1.165, 1.54) is 24.5 Å². The Kier molecular flexibility index (Phi) is 7.38. The number of hydrogen-bond donors (Lipinski definition) is 2. The van der Waals surface area contributed by atoms with E-state index in [1.807, 2.05) is 26.1 Å². The number of nitrogens with zero attached hydrogens (tertiary/aromatic N) is 1. The molecule has 1 heterocycles. The number of Topliss-reactive ketones (excluding diaryl/α,β-unsaturated/α-hetero) is 1. The van der Waals surface area contributed by atoms with Gasteiger partial charge in [-0.3, -0.25) is 4.79 Å². The van der Waals surface area contributed by atoms with Crippen LogP contribution in [0.2, 0.25) is 0 Å². The van der Waals surface area contributed by atoms with E-state index in [0.29, 0.717) is 29.7 Å². The van der Waals surface area contributed by atoms with Gasteiger partial charge in [0.25, 0.3) is 0 Å². The van der Waals surface area contributed by atoms with Crippen LogP contribution >= 0.6 is 0 Å². The largest absolute Gasteiger partial charge is 0.508 e. The quantitative estimate of drug-likeness (QED) is 0.242. The Morgan fingerprint density at radius 2 is 1.93 bits per heavy atom. The van der Waals surface area contributed by atoms with Gasteiger partial charge in [-0.25, -0.2) is 0 Å². The number of aromatic nitrogens is 1. The molecule has 1 aromatic carbocycles. The maximum atomic E-state index is 11.1. The summed E-state index contributed by atoms with van der Waals surface area (Å²) in [5.74, 6) is 5.91. The van der Waals surface area contributed by atoms with Gasteiger partial charge < -0.3 is 14.7 Å². The Labute approximate surface area is 238 Å². The second-order valence-corrected chi connectivity index (χ2v) is 13.3. The lowest BCUT2D eigenvalue weighted by Gasteiger charge is -2.58. The summed E-state index contributed by atoms with van der Waals surface area (Å²) in [6.07, 6.45) is 20.1. The zero-order chi connectivity index (χ0) is 28.9. The first-order chi connectivity index (χ1) is 18.9. The number of carbonyl (C=O) groups is 1.